The van der Waals surface area contributed by atoms with E-state index in [0.29, 0.717) is 11.8 Å². The molecule has 0 radical (unpaired) electrons. The summed E-state index contributed by atoms with van der Waals surface area (Å²) in [6, 6.07) is 0. The number of aliphatic imine (C=N–C) groups is 1. The van der Waals surface area contributed by atoms with E-state index in [1.807, 2.05) is 13.1 Å². The van der Waals surface area contributed by atoms with Crippen molar-refractivity contribution >= 4 is 5.71 Å². The van der Waals surface area contributed by atoms with Gasteiger partial charge in [0.2, 0.25) is 0 Å². The van der Waals surface area contributed by atoms with Crippen LogP contribution in [0.4, 0.5) is 0 Å². The fourth-order valence-corrected chi connectivity index (χ4v) is 3.10. The van der Waals surface area contributed by atoms with Gasteiger partial charge in [-0.2, -0.15) is 0 Å². The number of nitrogens with one attached hydrogen (secondary N) is 1. The fourth-order valence-electron chi connectivity index (χ4n) is 3.10. The normalized spacial score (nSPS) is 26.2. The molecule has 0 aromatic heterocycles. The van der Waals surface area contributed by atoms with Crippen LogP contribution < -0.4 is 5.32 Å². The Kier molecular flexibility index (Phi) is 5.30. The molecule has 2 heteroatoms. The van der Waals surface area contributed by atoms with Crippen molar-refractivity contribution in [1.29, 1.82) is 0 Å². The third kappa shape index (κ3) is 3.24. The van der Waals surface area contributed by atoms with Crippen LogP contribution >= 0.6 is 0 Å². The molecule has 2 unspecified atom stereocenters. The standard InChI is InChI=1S/C17H28N2/c1-8-10-17(18-7)11-14(17)16(19-9-2)15(12(3)4)13(5)6/h8-9,12,14,18H,1-2,10-11H2,3-7H3. The van der Waals surface area contributed by atoms with Crippen molar-refractivity contribution in [3.63, 3.8) is 0 Å². The summed E-state index contributed by atoms with van der Waals surface area (Å²) in [6.45, 7) is 16.5. The monoisotopic (exact) mass is 260 g/mol. The quantitative estimate of drug-likeness (QED) is 0.540. The third-order valence-electron chi connectivity index (χ3n) is 4.03. The predicted molar refractivity (Wildman–Crippen MR) is 85.6 cm³/mol. The molecule has 0 aliphatic heterocycles. The van der Waals surface area contributed by atoms with Gasteiger partial charge in [0.15, 0.2) is 0 Å². The zero-order valence-electron chi connectivity index (χ0n) is 13.1. The molecular formula is C17H28N2. The zero-order valence-corrected chi connectivity index (χ0v) is 13.1. The molecule has 1 aliphatic rings. The first-order valence-corrected chi connectivity index (χ1v) is 7.09. The molecule has 1 fully saturated rings. The Morgan fingerprint density at radius 2 is 2.05 bits per heavy atom. The lowest BCUT2D eigenvalue weighted by molar-refractivity contribution is 0.539. The SMILES string of the molecule is C=CCC1(NC)CC1C(=NC=C)C(=C(C)C)C(C)C. The fraction of sp³-hybridized carbons (Fsp3) is 0.588. The summed E-state index contributed by atoms with van der Waals surface area (Å²) in [5.41, 5.74) is 4.09. The van der Waals surface area contributed by atoms with Crippen LogP contribution in [0.25, 0.3) is 0 Å². The van der Waals surface area contributed by atoms with Crippen LogP contribution in [0.15, 0.2) is 41.6 Å². The predicted octanol–water partition coefficient (Wildman–Crippen LogP) is 4.12. The third-order valence-corrected chi connectivity index (χ3v) is 4.03. The van der Waals surface area contributed by atoms with Gasteiger partial charge in [-0.1, -0.05) is 32.1 Å². The largest absolute Gasteiger partial charge is 0.313 e. The van der Waals surface area contributed by atoms with Gasteiger partial charge in [0.25, 0.3) is 0 Å². The summed E-state index contributed by atoms with van der Waals surface area (Å²) in [5.74, 6) is 0.961. The maximum absolute atomic E-state index is 4.60. The van der Waals surface area contributed by atoms with Crippen molar-refractivity contribution in [3.05, 3.63) is 36.6 Å². The molecule has 0 heterocycles. The number of rotatable bonds is 7. The topological polar surface area (TPSA) is 24.4 Å². The zero-order chi connectivity index (χ0) is 14.6. The van der Waals surface area contributed by atoms with Crippen LogP contribution in [0.1, 0.15) is 40.5 Å². The van der Waals surface area contributed by atoms with Gasteiger partial charge in [-0.3, -0.25) is 4.99 Å². The molecule has 1 aliphatic carbocycles. The van der Waals surface area contributed by atoms with Crippen molar-refractivity contribution in [1.82, 2.24) is 5.32 Å². The minimum absolute atomic E-state index is 0.152. The molecule has 1 N–H and O–H groups in total. The second kappa shape index (κ2) is 6.33. The molecule has 0 bridgehead atoms. The lowest BCUT2D eigenvalue weighted by atomic mass is 9.89. The number of hydrogen-bond acceptors (Lipinski definition) is 2. The van der Waals surface area contributed by atoms with E-state index < -0.39 is 0 Å². The van der Waals surface area contributed by atoms with E-state index in [4.69, 9.17) is 0 Å². The van der Waals surface area contributed by atoms with E-state index in [1.54, 1.807) is 6.20 Å². The first kappa shape index (κ1) is 15.9. The molecule has 0 spiro atoms. The molecule has 106 valence electrons. The van der Waals surface area contributed by atoms with E-state index in [2.05, 4.69) is 51.2 Å². The highest BCUT2D eigenvalue weighted by Crippen LogP contribution is 2.49. The lowest BCUT2D eigenvalue weighted by Crippen LogP contribution is -2.32. The lowest BCUT2D eigenvalue weighted by Gasteiger charge is -2.20. The first-order valence-electron chi connectivity index (χ1n) is 7.09. The van der Waals surface area contributed by atoms with Crippen molar-refractivity contribution in [2.24, 2.45) is 16.8 Å². The number of hydrogen-bond donors (Lipinski definition) is 1. The number of allylic oxidation sites excluding steroid dienone is 2. The summed E-state index contributed by atoms with van der Waals surface area (Å²) >= 11 is 0. The van der Waals surface area contributed by atoms with E-state index in [1.165, 1.54) is 16.9 Å². The Labute approximate surface area is 118 Å². The van der Waals surface area contributed by atoms with Crippen molar-refractivity contribution in [3.8, 4) is 0 Å². The molecule has 0 amide bonds. The van der Waals surface area contributed by atoms with Gasteiger partial charge in [0.05, 0.1) is 0 Å². The molecule has 2 nitrogen and oxygen atoms in total. The minimum atomic E-state index is 0.152. The average molecular weight is 260 g/mol. The Morgan fingerprint density at radius 1 is 1.42 bits per heavy atom. The van der Waals surface area contributed by atoms with Crippen LogP contribution in [0.3, 0.4) is 0 Å². The highest BCUT2D eigenvalue weighted by atomic mass is 15.0. The summed E-state index contributed by atoms with van der Waals surface area (Å²) in [5, 5.41) is 3.47. The maximum Gasteiger partial charge on any atom is 0.0487 e. The van der Waals surface area contributed by atoms with E-state index in [9.17, 15) is 0 Å². The van der Waals surface area contributed by atoms with Crippen LogP contribution in [0, 0.1) is 11.8 Å². The molecule has 1 rings (SSSR count). The summed E-state index contributed by atoms with van der Waals surface area (Å²) in [7, 11) is 2.03. The molecule has 1 saturated carbocycles. The van der Waals surface area contributed by atoms with E-state index in [0.717, 1.165) is 12.8 Å². The van der Waals surface area contributed by atoms with Gasteiger partial charge in [-0.15, -0.1) is 6.58 Å². The Morgan fingerprint density at radius 3 is 2.42 bits per heavy atom. The summed E-state index contributed by atoms with van der Waals surface area (Å²) in [4.78, 5) is 4.60. The molecule has 0 aromatic carbocycles. The van der Waals surface area contributed by atoms with E-state index >= 15 is 0 Å². The molecule has 0 saturated heterocycles. The van der Waals surface area contributed by atoms with Crippen molar-refractivity contribution < 1.29 is 0 Å². The van der Waals surface area contributed by atoms with E-state index in [-0.39, 0.29) is 5.54 Å². The van der Waals surface area contributed by atoms with Crippen molar-refractivity contribution in [2.45, 2.75) is 46.1 Å². The second-order valence-corrected chi connectivity index (χ2v) is 5.92. The van der Waals surface area contributed by atoms with Crippen LogP contribution in [0.2, 0.25) is 0 Å². The van der Waals surface area contributed by atoms with Crippen LogP contribution in [-0.4, -0.2) is 18.3 Å². The van der Waals surface area contributed by atoms with Gasteiger partial charge >= 0.3 is 0 Å². The van der Waals surface area contributed by atoms with Crippen LogP contribution in [-0.2, 0) is 0 Å². The van der Waals surface area contributed by atoms with Gasteiger partial charge in [0.1, 0.15) is 0 Å². The summed E-state index contributed by atoms with van der Waals surface area (Å²) < 4.78 is 0. The smallest absolute Gasteiger partial charge is 0.0487 e. The highest BCUT2D eigenvalue weighted by molar-refractivity contribution is 6.05. The van der Waals surface area contributed by atoms with Gasteiger partial charge in [-0.05, 0) is 45.2 Å². The summed E-state index contributed by atoms with van der Waals surface area (Å²) in [6.07, 6.45) is 5.79. The van der Waals surface area contributed by atoms with Gasteiger partial charge in [0, 0.05) is 23.4 Å². The average Bonchev–Trinajstić information content (AvgIpc) is 3.03. The molecular weight excluding hydrogens is 232 g/mol. The number of nitrogens with zero attached hydrogens (tertiary/aromatic N) is 1. The van der Waals surface area contributed by atoms with Crippen LogP contribution in [0.5, 0.6) is 0 Å². The van der Waals surface area contributed by atoms with Gasteiger partial charge < -0.3 is 5.32 Å². The van der Waals surface area contributed by atoms with Gasteiger partial charge in [-0.25, -0.2) is 0 Å². The first-order chi connectivity index (χ1) is 8.93. The minimum Gasteiger partial charge on any atom is -0.313 e. The van der Waals surface area contributed by atoms with Crippen molar-refractivity contribution in [2.75, 3.05) is 7.05 Å². The molecule has 0 aromatic rings. The Bertz CT molecular complexity index is 411. The maximum atomic E-state index is 4.60. The highest BCUT2D eigenvalue weighted by Gasteiger charge is 2.55. The molecule has 19 heavy (non-hydrogen) atoms. The Hall–Kier alpha value is -1.15. The second-order valence-electron chi connectivity index (χ2n) is 5.92. The Balaban J connectivity index is 3.13. The molecule has 2 atom stereocenters.